The topological polar surface area (TPSA) is 24.9 Å². The zero-order valence-corrected chi connectivity index (χ0v) is 10.6. The van der Waals surface area contributed by atoms with Gasteiger partial charge < -0.3 is 5.32 Å². The Balaban J connectivity index is 2.58. The summed E-state index contributed by atoms with van der Waals surface area (Å²) in [6.07, 6.45) is 2.95. The SMILES string of the molecule is CCC(C)(C)CNc1ncccc1Br. The lowest BCUT2D eigenvalue weighted by molar-refractivity contribution is 0.376. The third-order valence-corrected chi connectivity index (χ3v) is 3.09. The molecule has 78 valence electrons. The molecule has 1 rings (SSSR count). The van der Waals surface area contributed by atoms with Crippen LogP contribution in [-0.2, 0) is 0 Å². The number of hydrogen-bond acceptors (Lipinski definition) is 2. The van der Waals surface area contributed by atoms with Crippen molar-refractivity contribution in [1.29, 1.82) is 0 Å². The summed E-state index contributed by atoms with van der Waals surface area (Å²) in [5.74, 6) is 0.925. The number of anilines is 1. The van der Waals surface area contributed by atoms with Gasteiger partial charge in [-0.1, -0.05) is 20.8 Å². The van der Waals surface area contributed by atoms with Crippen molar-refractivity contribution in [3.63, 3.8) is 0 Å². The van der Waals surface area contributed by atoms with Crippen LogP contribution in [0.3, 0.4) is 0 Å². The van der Waals surface area contributed by atoms with Gasteiger partial charge >= 0.3 is 0 Å². The summed E-state index contributed by atoms with van der Waals surface area (Å²) in [7, 11) is 0. The molecule has 14 heavy (non-hydrogen) atoms. The molecule has 0 aromatic carbocycles. The maximum atomic E-state index is 4.26. The fourth-order valence-corrected chi connectivity index (χ4v) is 1.36. The fraction of sp³-hybridized carbons (Fsp3) is 0.545. The minimum Gasteiger partial charge on any atom is -0.369 e. The first-order valence-corrected chi connectivity index (χ1v) is 5.69. The lowest BCUT2D eigenvalue weighted by Crippen LogP contribution is -2.22. The quantitative estimate of drug-likeness (QED) is 0.889. The first kappa shape index (κ1) is 11.5. The van der Waals surface area contributed by atoms with Crippen LogP contribution in [0, 0.1) is 5.41 Å². The summed E-state index contributed by atoms with van der Waals surface area (Å²) in [4.78, 5) is 4.26. The van der Waals surface area contributed by atoms with Gasteiger partial charge in [-0.25, -0.2) is 4.98 Å². The average molecular weight is 257 g/mol. The zero-order chi connectivity index (χ0) is 10.6. The molecule has 0 unspecified atom stereocenters. The van der Waals surface area contributed by atoms with Gasteiger partial charge in [-0.2, -0.15) is 0 Å². The van der Waals surface area contributed by atoms with Gasteiger partial charge in [0.25, 0.3) is 0 Å². The third kappa shape index (κ3) is 3.29. The van der Waals surface area contributed by atoms with Gasteiger partial charge in [0.05, 0.1) is 4.47 Å². The first-order valence-electron chi connectivity index (χ1n) is 4.89. The predicted molar refractivity (Wildman–Crippen MR) is 64.5 cm³/mol. The second-order valence-corrected chi connectivity index (χ2v) is 5.06. The maximum absolute atomic E-state index is 4.26. The van der Waals surface area contributed by atoms with E-state index in [0.29, 0.717) is 5.41 Å². The molecule has 0 radical (unpaired) electrons. The van der Waals surface area contributed by atoms with Crippen molar-refractivity contribution in [2.24, 2.45) is 5.41 Å². The Morgan fingerprint density at radius 3 is 2.79 bits per heavy atom. The summed E-state index contributed by atoms with van der Waals surface area (Å²) in [6, 6.07) is 3.91. The molecule has 0 saturated carbocycles. The van der Waals surface area contributed by atoms with Crippen LogP contribution in [0.5, 0.6) is 0 Å². The number of pyridine rings is 1. The molecule has 0 amide bonds. The van der Waals surface area contributed by atoms with Gasteiger partial charge in [-0.3, -0.25) is 0 Å². The van der Waals surface area contributed by atoms with Crippen LogP contribution < -0.4 is 5.32 Å². The molecular formula is C11H17BrN2. The second kappa shape index (κ2) is 4.78. The minimum absolute atomic E-state index is 0.316. The largest absolute Gasteiger partial charge is 0.369 e. The van der Waals surface area contributed by atoms with Gasteiger partial charge in [-0.05, 0) is 39.9 Å². The van der Waals surface area contributed by atoms with Crippen LogP contribution in [0.4, 0.5) is 5.82 Å². The van der Waals surface area contributed by atoms with E-state index in [1.54, 1.807) is 6.20 Å². The average Bonchev–Trinajstić information content (AvgIpc) is 2.17. The number of hydrogen-bond donors (Lipinski definition) is 1. The highest BCUT2D eigenvalue weighted by Crippen LogP contribution is 2.23. The molecule has 0 fully saturated rings. The monoisotopic (exact) mass is 256 g/mol. The fourth-order valence-electron chi connectivity index (χ4n) is 0.964. The Kier molecular flexibility index (Phi) is 3.93. The van der Waals surface area contributed by atoms with Crippen LogP contribution in [0.2, 0.25) is 0 Å². The van der Waals surface area contributed by atoms with E-state index in [1.165, 1.54) is 0 Å². The molecule has 1 heterocycles. The molecule has 0 spiro atoms. The van der Waals surface area contributed by atoms with Gasteiger partial charge in [0.15, 0.2) is 0 Å². The smallest absolute Gasteiger partial charge is 0.140 e. The molecule has 1 aromatic heterocycles. The Morgan fingerprint density at radius 1 is 1.50 bits per heavy atom. The molecular weight excluding hydrogens is 240 g/mol. The van der Waals surface area contributed by atoms with Crippen molar-refractivity contribution in [2.45, 2.75) is 27.2 Å². The highest BCUT2D eigenvalue weighted by Gasteiger charge is 2.15. The molecule has 0 aliphatic heterocycles. The molecule has 1 N–H and O–H groups in total. The summed E-state index contributed by atoms with van der Waals surface area (Å²) < 4.78 is 1.02. The van der Waals surface area contributed by atoms with Crippen molar-refractivity contribution >= 4 is 21.7 Å². The van der Waals surface area contributed by atoms with E-state index < -0.39 is 0 Å². The van der Waals surface area contributed by atoms with E-state index in [-0.39, 0.29) is 0 Å². The predicted octanol–water partition coefficient (Wildman–Crippen LogP) is 3.69. The Hall–Kier alpha value is -0.570. The highest BCUT2D eigenvalue weighted by atomic mass is 79.9. The van der Waals surface area contributed by atoms with Gasteiger partial charge in [0.2, 0.25) is 0 Å². The summed E-state index contributed by atoms with van der Waals surface area (Å²) in [6.45, 7) is 7.64. The van der Waals surface area contributed by atoms with Crippen molar-refractivity contribution in [3.8, 4) is 0 Å². The van der Waals surface area contributed by atoms with Crippen molar-refractivity contribution < 1.29 is 0 Å². The molecule has 0 saturated heterocycles. The Morgan fingerprint density at radius 2 is 2.21 bits per heavy atom. The molecule has 1 aromatic rings. The number of halogens is 1. The van der Waals surface area contributed by atoms with Crippen LogP contribution in [0.1, 0.15) is 27.2 Å². The van der Waals surface area contributed by atoms with Crippen LogP contribution in [0.25, 0.3) is 0 Å². The number of rotatable bonds is 4. The lowest BCUT2D eigenvalue weighted by atomic mass is 9.90. The van der Waals surface area contributed by atoms with E-state index in [2.05, 4.69) is 47.0 Å². The van der Waals surface area contributed by atoms with Gasteiger partial charge in [0.1, 0.15) is 5.82 Å². The van der Waals surface area contributed by atoms with Crippen LogP contribution in [0.15, 0.2) is 22.8 Å². The summed E-state index contributed by atoms with van der Waals surface area (Å²) >= 11 is 3.46. The van der Waals surface area contributed by atoms with Crippen LogP contribution >= 0.6 is 15.9 Å². The van der Waals surface area contributed by atoms with Crippen LogP contribution in [-0.4, -0.2) is 11.5 Å². The standard InChI is InChI=1S/C11H17BrN2/c1-4-11(2,3)8-14-10-9(12)6-5-7-13-10/h5-7H,4,8H2,1-3H3,(H,13,14). The minimum atomic E-state index is 0.316. The van der Waals surface area contributed by atoms with E-state index in [1.807, 2.05) is 12.1 Å². The number of nitrogens with zero attached hydrogens (tertiary/aromatic N) is 1. The Labute approximate surface area is 94.3 Å². The van der Waals surface area contributed by atoms with Gasteiger partial charge in [0, 0.05) is 12.7 Å². The molecule has 0 aliphatic rings. The Bertz CT molecular complexity index is 297. The van der Waals surface area contributed by atoms with Crippen molar-refractivity contribution in [1.82, 2.24) is 4.98 Å². The highest BCUT2D eigenvalue weighted by molar-refractivity contribution is 9.10. The molecule has 3 heteroatoms. The summed E-state index contributed by atoms with van der Waals surface area (Å²) in [5, 5.41) is 3.35. The molecule has 0 aliphatic carbocycles. The first-order chi connectivity index (χ1) is 6.55. The number of aromatic nitrogens is 1. The third-order valence-electron chi connectivity index (χ3n) is 2.45. The maximum Gasteiger partial charge on any atom is 0.140 e. The van der Waals surface area contributed by atoms with E-state index >= 15 is 0 Å². The zero-order valence-electron chi connectivity index (χ0n) is 8.97. The molecule has 2 nitrogen and oxygen atoms in total. The second-order valence-electron chi connectivity index (χ2n) is 4.21. The summed E-state index contributed by atoms with van der Waals surface area (Å²) in [5.41, 5.74) is 0.316. The normalized spacial score (nSPS) is 11.4. The molecule has 0 bridgehead atoms. The van der Waals surface area contributed by atoms with Gasteiger partial charge in [-0.15, -0.1) is 0 Å². The lowest BCUT2D eigenvalue weighted by Gasteiger charge is -2.23. The molecule has 0 atom stereocenters. The van der Waals surface area contributed by atoms with E-state index in [4.69, 9.17) is 0 Å². The van der Waals surface area contributed by atoms with E-state index in [0.717, 1.165) is 23.3 Å². The van der Waals surface area contributed by atoms with Crippen molar-refractivity contribution in [3.05, 3.63) is 22.8 Å². The van der Waals surface area contributed by atoms with Crippen molar-refractivity contribution in [2.75, 3.05) is 11.9 Å². The van der Waals surface area contributed by atoms with E-state index in [9.17, 15) is 0 Å². The number of nitrogens with one attached hydrogen (secondary N) is 1.